The second-order valence-corrected chi connectivity index (χ2v) is 1.82. The average molecular weight is 154 g/mol. The molecule has 0 aromatic rings. The Morgan fingerprint density at radius 1 is 0.818 bits per heavy atom. The minimum Gasteiger partial charge on any atom is -0.106 e. The molecule has 0 saturated heterocycles. The monoisotopic (exact) mass is 154 g/mol. The van der Waals surface area contributed by atoms with Gasteiger partial charge in [-0.1, -0.05) is 31.8 Å². The van der Waals surface area contributed by atoms with Crippen LogP contribution in [0.2, 0.25) is 0 Å². The van der Waals surface area contributed by atoms with E-state index in [0.29, 0.717) is 0 Å². The summed E-state index contributed by atoms with van der Waals surface area (Å²) in [5, 5.41) is 0. The van der Waals surface area contributed by atoms with Crippen LogP contribution in [0.15, 0.2) is 39.0 Å². The second kappa shape index (κ2) is 35.0. The number of hydrogen-bond acceptors (Lipinski definition) is 0. The first-order chi connectivity index (χ1) is 5.41. The minimum atomic E-state index is 1.50. The lowest BCUT2D eigenvalue weighted by atomic mass is 10.0. The molecule has 0 aliphatic heterocycles. The molecule has 0 N–H and O–H groups in total. The number of allylic oxidation sites excluding steroid dienone is 1. The van der Waals surface area contributed by atoms with E-state index in [-0.39, 0.29) is 0 Å². The van der Waals surface area contributed by atoms with E-state index in [4.69, 9.17) is 0 Å². The average Bonchev–Trinajstić information content (AvgIpc) is 1.93. The van der Waals surface area contributed by atoms with E-state index in [2.05, 4.69) is 32.9 Å². The van der Waals surface area contributed by atoms with Crippen LogP contribution in [0.3, 0.4) is 0 Å². The molecule has 66 valence electrons. The van der Waals surface area contributed by atoms with Gasteiger partial charge in [-0.3, -0.25) is 0 Å². The Labute approximate surface area is 72.3 Å². The fourth-order valence-electron chi connectivity index (χ4n) is 0.250. The molecule has 0 aromatic carbocycles. The van der Waals surface area contributed by atoms with Gasteiger partial charge in [-0.25, -0.2) is 0 Å². The molecule has 0 spiro atoms. The van der Waals surface area contributed by atoms with Gasteiger partial charge in [-0.15, -0.1) is 32.9 Å². The summed E-state index contributed by atoms with van der Waals surface area (Å²) in [7, 11) is 0. The minimum absolute atomic E-state index is 1.50. The largest absolute Gasteiger partial charge is 0.106 e. The van der Waals surface area contributed by atoms with Gasteiger partial charge in [0.05, 0.1) is 0 Å². The van der Waals surface area contributed by atoms with Gasteiger partial charge in [0.2, 0.25) is 0 Å². The summed E-state index contributed by atoms with van der Waals surface area (Å²) < 4.78 is 0. The molecule has 1 fully saturated rings. The van der Waals surface area contributed by atoms with Gasteiger partial charge in [0.1, 0.15) is 0 Å². The highest BCUT2D eigenvalue weighted by molar-refractivity contribution is 4.51. The molecule has 0 amide bonds. The normalized spacial score (nSPS) is 10.6. The van der Waals surface area contributed by atoms with Crippen molar-refractivity contribution < 1.29 is 0 Å². The Hall–Kier alpha value is -0.780. The zero-order valence-electron chi connectivity index (χ0n) is 7.94. The molecule has 0 nitrogen and oxygen atoms in total. The standard InChI is InChI=1S/C4H8.C3H6.2C2H4/c1-2-4-3-1;1-3-2;2*1-2/h1-4H2;3H,1H2,2H3;2*1-2H2. The maximum Gasteiger partial charge on any atom is -0.0473 e. The van der Waals surface area contributed by atoms with Crippen LogP contribution >= 0.6 is 0 Å². The van der Waals surface area contributed by atoms with Gasteiger partial charge in [-0.2, -0.15) is 0 Å². The summed E-state index contributed by atoms with van der Waals surface area (Å²) in [4.78, 5) is 0. The van der Waals surface area contributed by atoms with Crippen LogP contribution in [0.1, 0.15) is 32.6 Å². The van der Waals surface area contributed by atoms with Crippen LogP contribution in [0.4, 0.5) is 0 Å². The van der Waals surface area contributed by atoms with Crippen molar-refractivity contribution in [3.63, 3.8) is 0 Å². The van der Waals surface area contributed by atoms with Crippen molar-refractivity contribution in [3.05, 3.63) is 39.0 Å². The van der Waals surface area contributed by atoms with Crippen LogP contribution in [0.5, 0.6) is 0 Å². The summed E-state index contributed by atoms with van der Waals surface area (Å²) in [5.74, 6) is 0. The third-order valence-electron chi connectivity index (χ3n) is 1.000. The molecule has 1 aliphatic rings. The van der Waals surface area contributed by atoms with E-state index in [0.717, 1.165) is 0 Å². The topological polar surface area (TPSA) is 0 Å². The zero-order chi connectivity index (χ0) is 9.54. The summed E-state index contributed by atoms with van der Waals surface area (Å²) >= 11 is 0. The van der Waals surface area contributed by atoms with E-state index < -0.39 is 0 Å². The van der Waals surface area contributed by atoms with Crippen LogP contribution < -0.4 is 0 Å². The highest BCUT2D eigenvalue weighted by Crippen LogP contribution is 2.15. The third-order valence-corrected chi connectivity index (χ3v) is 1.000. The van der Waals surface area contributed by atoms with Crippen molar-refractivity contribution in [2.75, 3.05) is 0 Å². The zero-order valence-corrected chi connectivity index (χ0v) is 7.94. The van der Waals surface area contributed by atoms with Gasteiger partial charge < -0.3 is 0 Å². The van der Waals surface area contributed by atoms with Crippen molar-refractivity contribution in [2.24, 2.45) is 0 Å². The van der Waals surface area contributed by atoms with Gasteiger partial charge in [-0.05, 0) is 6.92 Å². The molecule has 0 aromatic heterocycles. The molecule has 1 saturated carbocycles. The Morgan fingerprint density at radius 2 is 0.909 bits per heavy atom. The van der Waals surface area contributed by atoms with E-state index in [1.54, 1.807) is 6.08 Å². The lowest BCUT2D eigenvalue weighted by Crippen LogP contribution is -1.85. The molecule has 1 aliphatic carbocycles. The Morgan fingerprint density at radius 3 is 0.909 bits per heavy atom. The van der Waals surface area contributed by atoms with E-state index in [9.17, 15) is 0 Å². The summed E-state index contributed by atoms with van der Waals surface area (Å²) in [6.45, 7) is 17.2. The van der Waals surface area contributed by atoms with Crippen LogP contribution in [0.25, 0.3) is 0 Å². The summed E-state index contributed by atoms with van der Waals surface area (Å²) in [6, 6.07) is 0. The summed E-state index contributed by atoms with van der Waals surface area (Å²) in [6.07, 6.45) is 7.75. The highest BCUT2D eigenvalue weighted by atomic mass is 14.0. The maximum absolute atomic E-state index is 3.36. The predicted molar refractivity (Wildman–Crippen MR) is 56.8 cm³/mol. The molecular formula is C11H22. The highest BCUT2D eigenvalue weighted by Gasteiger charge is 1.95. The molecule has 0 bridgehead atoms. The SMILES string of the molecule is C1CCC1.C=C.C=C.C=CC. The lowest BCUT2D eigenvalue weighted by molar-refractivity contribution is 0.504. The molecule has 0 heterocycles. The fraction of sp³-hybridized carbons (Fsp3) is 0.455. The molecule has 1 rings (SSSR count). The Kier molecular flexibility index (Phi) is 53.0. The molecular weight excluding hydrogens is 132 g/mol. The fourth-order valence-corrected chi connectivity index (χ4v) is 0.250. The Bertz CT molecular complexity index is 45.1. The first-order valence-corrected chi connectivity index (χ1v) is 3.99. The van der Waals surface area contributed by atoms with Crippen molar-refractivity contribution >= 4 is 0 Å². The molecule has 0 heteroatoms. The smallest absolute Gasteiger partial charge is 0.0473 e. The maximum atomic E-state index is 3.36. The first kappa shape index (κ1) is 16.7. The van der Waals surface area contributed by atoms with Crippen LogP contribution in [-0.2, 0) is 0 Å². The number of hydrogen-bond donors (Lipinski definition) is 0. The van der Waals surface area contributed by atoms with E-state index in [1.165, 1.54) is 25.7 Å². The van der Waals surface area contributed by atoms with Crippen molar-refractivity contribution in [1.29, 1.82) is 0 Å². The van der Waals surface area contributed by atoms with Gasteiger partial charge in [0.25, 0.3) is 0 Å². The lowest BCUT2D eigenvalue weighted by Gasteiger charge is -2.05. The van der Waals surface area contributed by atoms with Crippen LogP contribution in [-0.4, -0.2) is 0 Å². The van der Waals surface area contributed by atoms with E-state index >= 15 is 0 Å². The molecule has 11 heavy (non-hydrogen) atoms. The first-order valence-electron chi connectivity index (χ1n) is 3.99. The van der Waals surface area contributed by atoms with Crippen molar-refractivity contribution in [2.45, 2.75) is 32.6 Å². The summed E-state index contributed by atoms with van der Waals surface area (Å²) in [5.41, 5.74) is 0. The molecule has 0 atom stereocenters. The van der Waals surface area contributed by atoms with Gasteiger partial charge in [0.15, 0.2) is 0 Å². The third kappa shape index (κ3) is 46.4. The molecule has 0 unspecified atom stereocenters. The van der Waals surface area contributed by atoms with E-state index in [1.807, 2.05) is 6.92 Å². The number of rotatable bonds is 0. The Balaban J connectivity index is -0.0000000835. The molecule has 0 radical (unpaired) electrons. The van der Waals surface area contributed by atoms with Gasteiger partial charge in [0, 0.05) is 0 Å². The quantitative estimate of drug-likeness (QED) is 0.455. The predicted octanol–water partition coefficient (Wildman–Crippen LogP) is 4.36. The second-order valence-electron chi connectivity index (χ2n) is 1.82. The van der Waals surface area contributed by atoms with Crippen molar-refractivity contribution in [3.8, 4) is 0 Å². The van der Waals surface area contributed by atoms with Crippen molar-refractivity contribution in [1.82, 2.24) is 0 Å². The van der Waals surface area contributed by atoms with Gasteiger partial charge >= 0.3 is 0 Å². The van der Waals surface area contributed by atoms with Crippen LogP contribution in [0, 0.1) is 0 Å².